The minimum atomic E-state index is -1.22. The number of unbranched alkanes of at least 4 members (excludes halogenated alkanes) is 2. The van der Waals surface area contributed by atoms with Crippen LogP contribution in [0.2, 0.25) is 0 Å². The molecule has 1 saturated heterocycles. The van der Waals surface area contributed by atoms with Gasteiger partial charge in [-0.05, 0) is 154 Å². The zero-order chi connectivity index (χ0) is 49.6. The van der Waals surface area contributed by atoms with E-state index in [1.807, 2.05) is 18.2 Å². The first-order valence-electron chi connectivity index (χ1n) is 25.1. The van der Waals surface area contributed by atoms with Crippen LogP contribution in [0.15, 0.2) is 66.7 Å². The Morgan fingerprint density at radius 1 is 0.928 bits per heavy atom. The van der Waals surface area contributed by atoms with E-state index in [4.69, 9.17) is 25.5 Å². The van der Waals surface area contributed by atoms with Crippen molar-refractivity contribution in [2.75, 3.05) is 20.7 Å². The Kier molecular flexibility index (Phi) is 16.6. The minimum absolute atomic E-state index is 0.122. The minimum Gasteiger partial charge on any atom is -0.496 e. The molecule has 8 N–H and O–H groups in total. The van der Waals surface area contributed by atoms with Gasteiger partial charge in [0.25, 0.3) is 5.91 Å². The first kappa shape index (κ1) is 51.6. The van der Waals surface area contributed by atoms with Crippen LogP contribution in [0.25, 0.3) is 11.1 Å². The van der Waals surface area contributed by atoms with E-state index >= 15 is 0 Å². The van der Waals surface area contributed by atoms with Crippen LogP contribution in [0.1, 0.15) is 132 Å². The molecule has 372 valence electrons. The summed E-state index contributed by atoms with van der Waals surface area (Å²) in [6, 6.07) is 15.7. The maximum Gasteiger partial charge on any atom is 0.497 e. The van der Waals surface area contributed by atoms with Crippen LogP contribution in [-0.4, -0.2) is 98.2 Å². The van der Waals surface area contributed by atoms with Crippen LogP contribution in [0.3, 0.4) is 0 Å². The Balaban J connectivity index is 1.06. The number of rotatable bonds is 16. The molecule has 3 aliphatic carbocycles. The fourth-order valence-corrected chi connectivity index (χ4v) is 11.1. The van der Waals surface area contributed by atoms with Crippen molar-refractivity contribution in [1.82, 2.24) is 26.2 Å². The van der Waals surface area contributed by atoms with Gasteiger partial charge in [0, 0.05) is 12.6 Å². The molecule has 3 aromatic carbocycles. The Labute approximate surface area is 408 Å². The number of aryl methyl sites for hydroxylation is 2. The highest BCUT2D eigenvalue weighted by Crippen LogP contribution is 2.65. The van der Waals surface area contributed by atoms with Gasteiger partial charge in [0.15, 0.2) is 0 Å². The highest BCUT2D eigenvalue weighted by molar-refractivity contribution is 6.47. The molecule has 16 heteroatoms. The molecule has 3 aromatic rings. The maximum atomic E-state index is 14.7. The molecule has 0 unspecified atom stereocenters. The van der Waals surface area contributed by atoms with Crippen LogP contribution in [0.5, 0.6) is 5.75 Å². The van der Waals surface area contributed by atoms with E-state index in [9.17, 15) is 24.0 Å². The number of fused-ring (bicyclic) bond motifs is 2. The van der Waals surface area contributed by atoms with Gasteiger partial charge in [0.05, 0.1) is 18.8 Å². The quantitative estimate of drug-likeness (QED) is 0.0601. The number of ether oxygens (including phenoxy) is 1. The molecule has 8 rings (SSSR count). The van der Waals surface area contributed by atoms with Crippen molar-refractivity contribution < 1.29 is 38.0 Å². The van der Waals surface area contributed by atoms with E-state index in [2.05, 4.69) is 73.2 Å². The third-order valence-corrected chi connectivity index (χ3v) is 15.6. The molecule has 4 fully saturated rings. The highest BCUT2D eigenvalue weighted by Gasteiger charge is 2.68. The number of benzene rings is 3. The van der Waals surface area contributed by atoms with Gasteiger partial charge in [-0.3, -0.25) is 24.0 Å². The van der Waals surface area contributed by atoms with Gasteiger partial charge < -0.3 is 51.7 Å². The standard InChI is InChI=1S/C53H74BN7O8/c1-8-9-14-33-18-20-34(21-19-33)35-22-24-36(25-23-35)47(63)59-41(17-12-13-28-55)50(66)61(6)45-38-26-27-42(67-7)37(29-38)15-10-11-16-40(58-46(62)32(2)57-49(45)65)48(64)60-51(56)54-68-44-31-39-30-43(52(39,3)4)53(44,5)69-54/h18-27,29,32,39-41,43-45,51H,8-17,28,30-31,55-56H2,1-7H3,(H,57,65)(H,58,62)(H,59,63)(H,60,64)/t32-,39-,40-,41-,43-,44+,45-,51+,53-/m0/s1. The topological polar surface area (TPSA) is 216 Å². The van der Waals surface area contributed by atoms with Gasteiger partial charge in [0.2, 0.25) is 23.6 Å². The number of carbonyl (C=O) groups is 5. The van der Waals surface area contributed by atoms with Gasteiger partial charge in [0.1, 0.15) is 36.0 Å². The summed E-state index contributed by atoms with van der Waals surface area (Å²) in [6.07, 6.45) is 8.56. The predicted octanol–water partition coefficient (Wildman–Crippen LogP) is 5.52. The van der Waals surface area contributed by atoms with E-state index in [1.165, 1.54) is 24.4 Å². The number of methoxy groups -OCH3 is 1. The molecule has 2 aliphatic heterocycles. The lowest BCUT2D eigenvalue weighted by atomic mass is 9.43. The van der Waals surface area contributed by atoms with E-state index in [1.54, 1.807) is 31.4 Å². The van der Waals surface area contributed by atoms with Crippen molar-refractivity contribution in [2.45, 2.75) is 154 Å². The molecule has 5 aliphatic rings. The lowest BCUT2D eigenvalue weighted by molar-refractivity contribution is -0.199. The summed E-state index contributed by atoms with van der Waals surface area (Å²) in [4.78, 5) is 72.3. The number of nitrogens with two attached hydrogens (primary N) is 2. The molecule has 15 nitrogen and oxygen atoms in total. The summed E-state index contributed by atoms with van der Waals surface area (Å²) >= 11 is 0. The van der Waals surface area contributed by atoms with Gasteiger partial charge in [-0.25, -0.2) is 0 Å². The SMILES string of the molecule is CCCCc1ccc(-c2ccc(C(=O)N[C@@H](CCCCN)C(=O)N(C)[C@@H]3C(=O)N[C@@H](C)C(=O)N[C@H](C(=O)N[C@@H](N)B4O[C@@H]5C[C@@H]6C[C@@H](C6(C)C)[C@]5(C)O4)CCCCc4cc3ccc4OC)cc2)cc1. The van der Waals surface area contributed by atoms with Crippen molar-refractivity contribution in [1.29, 1.82) is 0 Å². The number of hydrogen-bond acceptors (Lipinski definition) is 10. The first-order valence-corrected chi connectivity index (χ1v) is 25.1. The molecule has 0 radical (unpaired) electrons. The average Bonchev–Trinajstić information content (AvgIpc) is 3.71. The molecular formula is C53H74BN7O8. The first-order chi connectivity index (χ1) is 33.0. The fourth-order valence-electron chi connectivity index (χ4n) is 11.1. The molecular weight excluding hydrogens is 873 g/mol. The number of carbonyl (C=O) groups excluding carboxylic acids is 5. The number of hydrogen-bond donors (Lipinski definition) is 6. The summed E-state index contributed by atoms with van der Waals surface area (Å²) in [5, 5.41) is 11.5. The summed E-state index contributed by atoms with van der Waals surface area (Å²) in [5.41, 5.74) is 17.0. The summed E-state index contributed by atoms with van der Waals surface area (Å²) < 4.78 is 18.6. The predicted molar refractivity (Wildman–Crippen MR) is 266 cm³/mol. The molecule has 4 bridgehead atoms. The second kappa shape index (κ2) is 22.2. The molecule has 2 heterocycles. The van der Waals surface area contributed by atoms with E-state index in [0.29, 0.717) is 73.8 Å². The molecule has 3 saturated carbocycles. The van der Waals surface area contributed by atoms with E-state index in [-0.39, 0.29) is 17.9 Å². The van der Waals surface area contributed by atoms with Crippen molar-refractivity contribution >= 4 is 36.7 Å². The largest absolute Gasteiger partial charge is 0.497 e. The van der Waals surface area contributed by atoms with Crippen molar-refractivity contribution in [2.24, 2.45) is 28.7 Å². The maximum absolute atomic E-state index is 14.7. The van der Waals surface area contributed by atoms with Crippen LogP contribution in [0, 0.1) is 17.3 Å². The van der Waals surface area contributed by atoms with Crippen molar-refractivity contribution in [3.63, 3.8) is 0 Å². The van der Waals surface area contributed by atoms with Crippen molar-refractivity contribution in [3.05, 3.63) is 89.0 Å². The molecule has 0 aromatic heterocycles. The Bertz CT molecular complexity index is 2310. The number of amides is 5. The second-order valence-corrected chi connectivity index (χ2v) is 20.5. The van der Waals surface area contributed by atoms with Crippen LogP contribution >= 0.6 is 0 Å². The summed E-state index contributed by atoms with van der Waals surface area (Å²) in [6.45, 7) is 10.7. The van der Waals surface area contributed by atoms with Crippen molar-refractivity contribution in [3.8, 4) is 16.9 Å². The van der Waals surface area contributed by atoms with Crippen LogP contribution in [-0.2, 0) is 41.3 Å². The Morgan fingerprint density at radius 3 is 2.30 bits per heavy atom. The van der Waals surface area contributed by atoms with Gasteiger partial charge in [-0.15, -0.1) is 0 Å². The number of likely N-dealkylation sites (N-methyl/N-ethyl adjacent to an activating group) is 1. The Hall–Kier alpha value is -5.29. The monoisotopic (exact) mass is 948 g/mol. The molecule has 0 spiro atoms. The third-order valence-electron chi connectivity index (χ3n) is 15.6. The normalized spacial score (nSPS) is 26.2. The van der Waals surface area contributed by atoms with Gasteiger partial charge in [-0.2, -0.15) is 0 Å². The lowest BCUT2D eigenvalue weighted by Crippen LogP contribution is -2.65. The van der Waals surface area contributed by atoms with Gasteiger partial charge in [-0.1, -0.05) is 76.1 Å². The smallest absolute Gasteiger partial charge is 0.496 e. The zero-order valence-electron chi connectivity index (χ0n) is 41.6. The Morgan fingerprint density at radius 2 is 1.64 bits per heavy atom. The zero-order valence-corrected chi connectivity index (χ0v) is 41.6. The molecule has 69 heavy (non-hydrogen) atoms. The molecule has 5 amide bonds. The van der Waals surface area contributed by atoms with Crippen LogP contribution < -0.4 is 37.5 Å². The van der Waals surface area contributed by atoms with E-state index < -0.39 is 72.5 Å². The average molecular weight is 948 g/mol. The number of nitrogens with zero attached hydrogens (tertiary/aromatic N) is 1. The van der Waals surface area contributed by atoms with Crippen LogP contribution in [0.4, 0.5) is 0 Å². The van der Waals surface area contributed by atoms with Gasteiger partial charge >= 0.3 is 7.12 Å². The summed E-state index contributed by atoms with van der Waals surface area (Å²) in [5.74, 6) is -1.17. The fraction of sp³-hybridized carbons (Fsp3) is 0.566. The third kappa shape index (κ3) is 11.4. The lowest BCUT2D eigenvalue weighted by Gasteiger charge is -2.64. The summed E-state index contributed by atoms with van der Waals surface area (Å²) in [7, 11) is 2.24. The molecule has 9 atom stereocenters. The highest BCUT2D eigenvalue weighted by atomic mass is 16.7. The number of nitrogens with one attached hydrogen (secondary N) is 4. The van der Waals surface area contributed by atoms with E-state index in [0.717, 1.165) is 48.8 Å². The second-order valence-electron chi connectivity index (χ2n) is 20.5.